The molecule has 0 fully saturated rings. The van der Waals surface area contributed by atoms with Crippen molar-refractivity contribution in [1.29, 1.82) is 0 Å². The minimum atomic E-state index is 0.513. The summed E-state index contributed by atoms with van der Waals surface area (Å²) in [6, 6.07) is 0. The Bertz CT molecular complexity index is 470. The monoisotopic (exact) mass is 234 g/mol. The summed E-state index contributed by atoms with van der Waals surface area (Å²) in [5.74, 6) is 1.47. The first-order chi connectivity index (χ1) is 8.19. The predicted octanol–water partition coefficient (Wildman–Crippen LogP) is 0.638. The Balaban J connectivity index is 2.10. The molecule has 0 unspecified atom stereocenters. The van der Waals surface area contributed by atoms with Gasteiger partial charge in [-0.3, -0.25) is 4.68 Å². The second-order valence-corrected chi connectivity index (χ2v) is 4.50. The summed E-state index contributed by atoms with van der Waals surface area (Å²) in [6.45, 7) is 6.34. The Hall–Kier alpha value is -1.69. The molecule has 0 aliphatic heterocycles. The molecule has 0 atom stereocenters. The quantitative estimate of drug-likeness (QED) is 0.823. The van der Waals surface area contributed by atoms with Gasteiger partial charge in [-0.05, 0) is 5.92 Å². The normalized spacial score (nSPS) is 11.3. The summed E-state index contributed by atoms with van der Waals surface area (Å²) in [6.07, 6.45) is 5.31. The lowest BCUT2D eigenvalue weighted by Crippen LogP contribution is -2.13. The molecule has 0 aromatic carbocycles. The molecule has 0 aliphatic carbocycles. The van der Waals surface area contributed by atoms with E-state index < -0.39 is 0 Å². The van der Waals surface area contributed by atoms with Gasteiger partial charge in [-0.2, -0.15) is 10.2 Å². The molecule has 2 aromatic heterocycles. The number of nitrogens with zero attached hydrogens (tertiary/aromatic N) is 5. The molecule has 0 radical (unpaired) electrons. The molecule has 0 spiro atoms. The maximum absolute atomic E-state index is 5.55. The van der Waals surface area contributed by atoms with Crippen molar-refractivity contribution in [3.05, 3.63) is 30.1 Å². The van der Waals surface area contributed by atoms with Gasteiger partial charge in [-0.15, -0.1) is 0 Å². The molecule has 6 heteroatoms. The minimum absolute atomic E-state index is 0.513. The Morgan fingerprint density at radius 2 is 2.18 bits per heavy atom. The first-order valence-corrected chi connectivity index (χ1v) is 5.77. The molecule has 2 N–H and O–H groups in total. The van der Waals surface area contributed by atoms with E-state index in [-0.39, 0.29) is 0 Å². The van der Waals surface area contributed by atoms with E-state index >= 15 is 0 Å². The molecule has 92 valence electrons. The Labute approximate surface area is 100 Å². The van der Waals surface area contributed by atoms with Gasteiger partial charge in [0.25, 0.3) is 0 Å². The van der Waals surface area contributed by atoms with Crippen molar-refractivity contribution in [2.24, 2.45) is 11.7 Å². The van der Waals surface area contributed by atoms with E-state index in [9.17, 15) is 0 Å². The maximum atomic E-state index is 5.55. The van der Waals surface area contributed by atoms with Gasteiger partial charge in [0, 0.05) is 24.8 Å². The number of rotatable bonds is 5. The van der Waals surface area contributed by atoms with Gasteiger partial charge in [0.15, 0.2) is 0 Å². The predicted molar refractivity (Wildman–Crippen MR) is 64.1 cm³/mol. The lowest BCUT2D eigenvalue weighted by atomic mass is 10.2. The summed E-state index contributed by atoms with van der Waals surface area (Å²) in [4.78, 5) is 4.26. The van der Waals surface area contributed by atoms with Crippen LogP contribution in [-0.4, -0.2) is 24.5 Å². The molecule has 0 bridgehead atoms. The van der Waals surface area contributed by atoms with Crippen LogP contribution in [0.1, 0.15) is 25.2 Å². The third kappa shape index (κ3) is 2.91. The fourth-order valence-corrected chi connectivity index (χ4v) is 1.65. The van der Waals surface area contributed by atoms with Gasteiger partial charge >= 0.3 is 0 Å². The first-order valence-electron chi connectivity index (χ1n) is 5.77. The largest absolute Gasteiger partial charge is 0.326 e. The van der Waals surface area contributed by atoms with Crippen LogP contribution in [0.15, 0.2) is 18.7 Å². The fourth-order valence-electron chi connectivity index (χ4n) is 1.65. The second kappa shape index (κ2) is 5.09. The second-order valence-electron chi connectivity index (χ2n) is 4.50. The summed E-state index contributed by atoms with van der Waals surface area (Å²) in [5.41, 5.74) is 6.57. The van der Waals surface area contributed by atoms with E-state index in [0.29, 0.717) is 19.0 Å². The molecule has 2 rings (SSSR count). The number of hydrogen-bond acceptors (Lipinski definition) is 4. The summed E-state index contributed by atoms with van der Waals surface area (Å²) < 4.78 is 3.76. The van der Waals surface area contributed by atoms with Gasteiger partial charge in [0.2, 0.25) is 0 Å². The minimum Gasteiger partial charge on any atom is -0.326 e. The van der Waals surface area contributed by atoms with Crippen molar-refractivity contribution in [3.63, 3.8) is 0 Å². The Kier molecular flexibility index (Phi) is 3.53. The van der Waals surface area contributed by atoms with Crippen LogP contribution in [0, 0.1) is 5.92 Å². The summed E-state index contributed by atoms with van der Waals surface area (Å²) in [5, 5.41) is 8.46. The van der Waals surface area contributed by atoms with E-state index in [1.54, 1.807) is 12.5 Å². The Morgan fingerprint density at radius 1 is 1.35 bits per heavy atom. The molecular formula is C11H18N6. The van der Waals surface area contributed by atoms with Crippen molar-refractivity contribution >= 4 is 0 Å². The van der Waals surface area contributed by atoms with E-state index in [1.807, 2.05) is 15.6 Å². The molecule has 2 heterocycles. The topological polar surface area (TPSA) is 74.5 Å². The van der Waals surface area contributed by atoms with E-state index in [2.05, 4.69) is 29.0 Å². The standard InChI is InChI=1S/C11H18N6/c1-9(2)5-17-11(13-8-15-17)7-16-6-10(3-12)4-14-16/h4,6,8-9H,3,5,7,12H2,1-2H3. The van der Waals surface area contributed by atoms with Gasteiger partial charge in [0.05, 0.1) is 6.20 Å². The van der Waals surface area contributed by atoms with Crippen molar-refractivity contribution < 1.29 is 0 Å². The van der Waals surface area contributed by atoms with Crippen LogP contribution in [0.25, 0.3) is 0 Å². The molecule has 17 heavy (non-hydrogen) atoms. The van der Waals surface area contributed by atoms with Crippen molar-refractivity contribution in [1.82, 2.24) is 24.5 Å². The molecular weight excluding hydrogens is 216 g/mol. The molecule has 2 aromatic rings. The zero-order valence-electron chi connectivity index (χ0n) is 10.2. The van der Waals surface area contributed by atoms with Crippen LogP contribution in [-0.2, 0) is 19.6 Å². The van der Waals surface area contributed by atoms with Crippen LogP contribution >= 0.6 is 0 Å². The third-order valence-electron chi connectivity index (χ3n) is 2.46. The van der Waals surface area contributed by atoms with Crippen LogP contribution in [0.5, 0.6) is 0 Å². The van der Waals surface area contributed by atoms with Crippen molar-refractivity contribution in [2.45, 2.75) is 33.5 Å². The van der Waals surface area contributed by atoms with Gasteiger partial charge in [-0.1, -0.05) is 13.8 Å². The maximum Gasteiger partial charge on any atom is 0.148 e. The highest BCUT2D eigenvalue weighted by atomic mass is 15.4. The van der Waals surface area contributed by atoms with E-state index in [4.69, 9.17) is 5.73 Å². The van der Waals surface area contributed by atoms with Gasteiger partial charge < -0.3 is 5.73 Å². The third-order valence-corrected chi connectivity index (χ3v) is 2.46. The summed E-state index contributed by atoms with van der Waals surface area (Å²) >= 11 is 0. The highest BCUT2D eigenvalue weighted by Gasteiger charge is 2.07. The lowest BCUT2D eigenvalue weighted by molar-refractivity contribution is 0.456. The highest BCUT2D eigenvalue weighted by Crippen LogP contribution is 2.04. The van der Waals surface area contributed by atoms with Gasteiger partial charge in [-0.25, -0.2) is 9.67 Å². The molecule has 0 amide bonds. The zero-order chi connectivity index (χ0) is 12.3. The van der Waals surface area contributed by atoms with Crippen LogP contribution in [0.4, 0.5) is 0 Å². The van der Waals surface area contributed by atoms with Gasteiger partial charge in [0.1, 0.15) is 18.7 Å². The smallest absolute Gasteiger partial charge is 0.148 e. The highest BCUT2D eigenvalue weighted by molar-refractivity contribution is 5.03. The first kappa shape index (κ1) is 11.8. The lowest BCUT2D eigenvalue weighted by Gasteiger charge is -2.08. The molecule has 6 nitrogen and oxygen atoms in total. The van der Waals surface area contributed by atoms with E-state index in [0.717, 1.165) is 17.9 Å². The SMILES string of the molecule is CC(C)Cn1ncnc1Cn1cc(CN)cn1. The average Bonchev–Trinajstić information content (AvgIpc) is 2.89. The van der Waals surface area contributed by atoms with Crippen LogP contribution < -0.4 is 5.73 Å². The fraction of sp³-hybridized carbons (Fsp3) is 0.545. The molecule has 0 aliphatic rings. The Morgan fingerprint density at radius 3 is 2.82 bits per heavy atom. The zero-order valence-corrected chi connectivity index (χ0v) is 10.2. The number of nitrogens with two attached hydrogens (primary N) is 1. The van der Waals surface area contributed by atoms with Crippen molar-refractivity contribution in [2.75, 3.05) is 0 Å². The molecule has 0 saturated heterocycles. The van der Waals surface area contributed by atoms with E-state index in [1.165, 1.54) is 0 Å². The number of hydrogen-bond donors (Lipinski definition) is 1. The van der Waals surface area contributed by atoms with Crippen LogP contribution in [0.3, 0.4) is 0 Å². The average molecular weight is 234 g/mol. The molecule has 0 saturated carbocycles. The van der Waals surface area contributed by atoms with Crippen molar-refractivity contribution in [3.8, 4) is 0 Å². The van der Waals surface area contributed by atoms with Crippen LogP contribution in [0.2, 0.25) is 0 Å². The number of aromatic nitrogens is 5. The summed E-state index contributed by atoms with van der Waals surface area (Å²) in [7, 11) is 0.